The number of fused-ring (bicyclic) bond motifs is 1. The monoisotopic (exact) mass is 291 g/mol. The van der Waals surface area contributed by atoms with E-state index >= 15 is 0 Å². The minimum Gasteiger partial charge on any atom is -0.478 e. The molecular formula is C14H17N3O4. The Morgan fingerprint density at radius 3 is 3.00 bits per heavy atom. The minimum absolute atomic E-state index is 0.156. The van der Waals surface area contributed by atoms with Gasteiger partial charge < -0.3 is 19.6 Å². The van der Waals surface area contributed by atoms with Crippen LogP contribution in [-0.4, -0.2) is 65.4 Å². The van der Waals surface area contributed by atoms with E-state index in [9.17, 15) is 4.79 Å². The third kappa shape index (κ3) is 3.14. The van der Waals surface area contributed by atoms with E-state index in [0.717, 1.165) is 32.8 Å². The largest absolute Gasteiger partial charge is 0.478 e. The van der Waals surface area contributed by atoms with Gasteiger partial charge >= 0.3 is 5.97 Å². The van der Waals surface area contributed by atoms with Gasteiger partial charge in [0.25, 0.3) is 0 Å². The summed E-state index contributed by atoms with van der Waals surface area (Å²) < 4.78 is 10.9. The van der Waals surface area contributed by atoms with Crippen molar-refractivity contribution in [2.24, 2.45) is 0 Å². The molecule has 2 aromatic heterocycles. The highest BCUT2D eigenvalue weighted by molar-refractivity contribution is 6.01. The van der Waals surface area contributed by atoms with E-state index in [1.54, 1.807) is 12.1 Å². The van der Waals surface area contributed by atoms with Gasteiger partial charge in [0.05, 0.1) is 18.7 Å². The summed E-state index contributed by atoms with van der Waals surface area (Å²) in [6.45, 7) is 4.67. The number of aromatic carboxylic acids is 1. The van der Waals surface area contributed by atoms with E-state index in [0.29, 0.717) is 23.5 Å². The molecule has 1 saturated heterocycles. The summed E-state index contributed by atoms with van der Waals surface area (Å²) in [6.07, 6.45) is 1.44. The van der Waals surface area contributed by atoms with Crippen molar-refractivity contribution in [2.45, 2.75) is 0 Å². The number of H-pyrrole nitrogens is 1. The highest BCUT2D eigenvalue weighted by Crippen LogP contribution is 2.19. The van der Waals surface area contributed by atoms with Crippen LogP contribution in [0.3, 0.4) is 0 Å². The molecule has 1 fully saturated rings. The van der Waals surface area contributed by atoms with Crippen molar-refractivity contribution in [2.75, 3.05) is 39.5 Å². The molecule has 2 N–H and O–H groups in total. The summed E-state index contributed by atoms with van der Waals surface area (Å²) >= 11 is 0. The zero-order valence-electron chi connectivity index (χ0n) is 11.5. The number of ether oxygens (including phenoxy) is 2. The third-order valence-electron chi connectivity index (χ3n) is 3.49. The van der Waals surface area contributed by atoms with Crippen molar-refractivity contribution in [3.63, 3.8) is 0 Å². The first-order chi connectivity index (χ1) is 10.2. The Bertz CT molecular complexity index is 634. The highest BCUT2D eigenvalue weighted by Gasteiger charge is 2.13. The maximum absolute atomic E-state index is 11.1. The molecule has 7 nitrogen and oxygen atoms in total. The van der Waals surface area contributed by atoms with Gasteiger partial charge in [-0.25, -0.2) is 9.78 Å². The van der Waals surface area contributed by atoms with Gasteiger partial charge in [-0.3, -0.25) is 4.90 Å². The van der Waals surface area contributed by atoms with E-state index in [4.69, 9.17) is 14.6 Å². The fraction of sp³-hybridized carbons (Fsp3) is 0.429. The molecule has 0 amide bonds. The number of rotatable bonds is 5. The number of nitrogens with one attached hydrogen (secondary N) is 1. The van der Waals surface area contributed by atoms with Crippen LogP contribution < -0.4 is 4.74 Å². The lowest BCUT2D eigenvalue weighted by Gasteiger charge is -2.26. The summed E-state index contributed by atoms with van der Waals surface area (Å²) in [6, 6.07) is 3.52. The zero-order valence-corrected chi connectivity index (χ0v) is 11.5. The smallest absolute Gasteiger partial charge is 0.339 e. The molecule has 1 aliphatic rings. The average molecular weight is 291 g/mol. The third-order valence-corrected chi connectivity index (χ3v) is 3.49. The molecular weight excluding hydrogens is 274 g/mol. The van der Waals surface area contributed by atoms with Gasteiger partial charge in [0.15, 0.2) is 0 Å². The summed E-state index contributed by atoms with van der Waals surface area (Å²) in [5.74, 6) is -0.558. The van der Waals surface area contributed by atoms with Gasteiger partial charge in [-0.1, -0.05) is 0 Å². The molecule has 0 spiro atoms. The quantitative estimate of drug-likeness (QED) is 0.853. The number of carboxylic acid groups (broad SMARTS) is 1. The molecule has 0 unspecified atom stereocenters. The Balaban J connectivity index is 1.63. The lowest BCUT2D eigenvalue weighted by molar-refractivity contribution is 0.0320. The first-order valence-electron chi connectivity index (χ1n) is 6.88. The van der Waals surface area contributed by atoms with Gasteiger partial charge in [0.2, 0.25) is 5.88 Å². The van der Waals surface area contributed by atoms with Crippen molar-refractivity contribution in [1.29, 1.82) is 0 Å². The topological polar surface area (TPSA) is 87.7 Å². The van der Waals surface area contributed by atoms with Crippen LogP contribution in [0.5, 0.6) is 5.88 Å². The molecule has 21 heavy (non-hydrogen) atoms. The molecule has 3 rings (SSSR count). The standard InChI is InChI=1S/C14H17N3O4/c18-14(19)10-9-15-11-1-2-12(16-13(10)11)21-8-5-17-3-6-20-7-4-17/h1-2,9,15H,3-8H2,(H,18,19). The first-order valence-corrected chi connectivity index (χ1v) is 6.88. The van der Waals surface area contributed by atoms with Gasteiger partial charge in [0, 0.05) is 31.9 Å². The fourth-order valence-corrected chi connectivity index (χ4v) is 2.33. The van der Waals surface area contributed by atoms with Gasteiger partial charge in [-0.15, -0.1) is 0 Å². The van der Waals surface area contributed by atoms with Crippen molar-refractivity contribution in [3.05, 3.63) is 23.9 Å². The molecule has 0 bridgehead atoms. The normalized spacial score (nSPS) is 16.2. The van der Waals surface area contributed by atoms with Gasteiger partial charge in [-0.2, -0.15) is 0 Å². The minimum atomic E-state index is -1.00. The van der Waals surface area contributed by atoms with Crippen LogP contribution in [-0.2, 0) is 4.74 Å². The maximum Gasteiger partial charge on any atom is 0.339 e. The number of aromatic amines is 1. The van der Waals surface area contributed by atoms with Crippen LogP contribution in [0.15, 0.2) is 18.3 Å². The van der Waals surface area contributed by atoms with Gasteiger partial charge in [0.1, 0.15) is 17.7 Å². The first kappa shape index (κ1) is 13.8. The molecule has 1 aliphatic heterocycles. The Labute approximate surface area is 121 Å². The molecule has 0 radical (unpaired) electrons. The number of carboxylic acids is 1. The maximum atomic E-state index is 11.1. The predicted molar refractivity (Wildman–Crippen MR) is 75.8 cm³/mol. The van der Waals surface area contributed by atoms with E-state index in [-0.39, 0.29) is 5.56 Å². The Hall–Kier alpha value is -2.12. The van der Waals surface area contributed by atoms with Crippen molar-refractivity contribution in [3.8, 4) is 5.88 Å². The van der Waals surface area contributed by atoms with E-state index in [1.807, 2.05) is 0 Å². The van der Waals surface area contributed by atoms with E-state index in [1.165, 1.54) is 6.20 Å². The molecule has 0 saturated carbocycles. The molecule has 7 heteroatoms. The molecule has 0 aliphatic carbocycles. The number of morpholine rings is 1. The predicted octanol–water partition coefficient (Wildman–Crippen LogP) is 0.972. The number of hydrogen-bond donors (Lipinski definition) is 2. The van der Waals surface area contributed by atoms with Crippen LogP contribution in [0.25, 0.3) is 11.0 Å². The van der Waals surface area contributed by atoms with Crippen molar-refractivity contribution < 1.29 is 19.4 Å². The van der Waals surface area contributed by atoms with Crippen LogP contribution in [0.4, 0.5) is 0 Å². The highest BCUT2D eigenvalue weighted by atomic mass is 16.5. The lowest BCUT2D eigenvalue weighted by atomic mass is 10.3. The van der Waals surface area contributed by atoms with E-state index in [2.05, 4.69) is 14.9 Å². The number of aromatic nitrogens is 2. The summed E-state index contributed by atoms with van der Waals surface area (Å²) in [5.41, 5.74) is 1.27. The molecule has 2 aromatic rings. The SMILES string of the molecule is O=C(O)c1c[nH]c2ccc(OCCN3CCOCC3)nc12. The second kappa shape index (κ2) is 6.11. The average Bonchev–Trinajstić information content (AvgIpc) is 2.92. The zero-order chi connectivity index (χ0) is 14.7. The van der Waals surface area contributed by atoms with Crippen molar-refractivity contribution in [1.82, 2.24) is 14.9 Å². The van der Waals surface area contributed by atoms with Crippen LogP contribution in [0.1, 0.15) is 10.4 Å². The van der Waals surface area contributed by atoms with Crippen LogP contribution >= 0.6 is 0 Å². The molecule has 0 atom stereocenters. The van der Waals surface area contributed by atoms with Crippen LogP contribution in [0, 0.1) is 0 Å². The number of pyridine rings is 1. The number of carbonyl (C=O) groups is 1. The fourth-order valence-electron chi connectivity index (χ4n) is 2.33. The summed E-state index contributed by atoms with van der Waals surface area (Å²) in [5, 5.41) is 9.09. The summed E-state index contributed by atoms with van der Waals surface area (Å²) in [7, 11) is 0. The second-order valence-electron chi connectivity index (χ2n) is 4.86. The number of hydrogen-bond acceptors (Lipinski definition) is 5. The Morgan fingerprint density at radius 2 is 2.24 bits per heavy atom. The lowest BCUT2D eigenvalue weighted by Crippen LogP contribution is -2.38. The molecule has 0 aromatic carbocycles. The molecule has 112 valence electrons. The van der Waals surface area contributed by atoms with Crippen LogP contribution in [0.2, 0.25) is 0 Å². The van der Waals surface area contributed by atoms with Crippen molar-refractivity contribution >= 4 is 17.0 Å². The van der Waals surface area contributed by atoms with Gasteiger partial charge in [-0.05, 0) is 6.07 Å². The number of nitrogens with zero attached hydrogens (tertiary/aromatic N) is 2. The Kier molecular flexibility index (Phi) is 4.03. The molecule has 3 heterocycles. The second-order valence-corrected chi connectivity index (χ2v) is 4.86. The Morgan fingerprint density at radius 1 is 1.43 bits per heavy atom. The van der Waals surface area contributed by atoms with E-state index < -0.39 is 5.97 Å². The summed E-state index contributed by atoms with van der Waals surface area (Å²) in [4.78, 5) is 20.5.